The summed E-state index contributed by atoms with van der Waals surface area (Å²) in [5.74, 6) is 0.555. The minimum atomic E-state index is -0.825. The van der Waals surface area contributed by atoms with Gasteiger partial charge in [0.1, 0.15) is 0 Å². The number of rotatable bonds is 13. The van der Waals surface area contributed by atoms with E-state index in [9.17, 15) is 14.7 Å². The molecule has 0 heterocycles. The summed E-state index contributed by atoms with van der Waals surface area (Å²) >= 11 is 1.87. The van der Waals surface area contributed by atoms with Gasteiger partial charge in [-0.15, -0.1) is 0 Å². The molecule has 0 saturated carbocycles. The summed E-state index contributed by atoms with van der Waals surface area (Å²) in [6.07, 6.45) is 5.18. The summed E-state index contributed by atoms with van der Waals surface area (Å²) < 4.78 is 0. The van der Waals surface area contributed by atoms with E-state index in [1.807, 2.05) is 49.0 Å². The molecule has 0 radical (unpaired) electrons. The second-order valence-electron chi connectivity index (χ2n) is 7.72. The number of thioether (sulfide) groups is 1. The van der Waals surface area contributed by atoms with Gasteiger partial charge >= 0.3 is 11.9 Å². The van der Waals surface area contributed by atoms with Gasteiger partial charge in [-0.2, -0.15) is 11.8 Å². The first-order chi connectivity index (χ1) is 12.2. The van der Waals surface area contributed by atoms with Gasteiger partial charge < -0.3 is 10.2 Å². The van der Waals surface area contributed by atoms with Crippen LogP contribution in [-0.4, -0.2) is 33.7 Å². The van der Waals surface area contributed by atoms with Gasteiger partial charge in [0, 0.05) is 0 Å². The molecule has 1 aromatic carbocycles. The summed E-state index contributed by atoms with van der Waals surface area (Å²) in [7, 11) is 0. The van der Waals surface area contributed by atoms with Crippen molar-refractivity contribution >= 4 is 23.7 Å². The van der Waals surface area contributed by atoms with Crippen molar-refractivity contribution in [2.75, 3.05) is 11.5 Å². The average molecular weight is 381 g/mol. The molecule has 0 bridgehead atoms. The largest absolute Gasteiger partial charge is 0.481 e. The van der Waals surface area contributed by atoms with Crippen LogP contribution in [0.5, 0.6) is 0 Å². The second-order valence-corrected chi connectivity index (χ2v) is 8.94. The monoisotopic (exact) mass is 380 g/mol. The predicted octanol–water partition coefficient (Wildman–Crippen LogP) is 5.21. The van der Waals surface area contributed by atoms with E-state index in [2.05, 4.69) is 0 Å². The Balaban J connectivity index is 2.22. The molecule has 2 N–H and O–H groups in total. The molecule has 0 amide bonds. The Morgan fingerprint density at radius 1 is 0.846 bits per heavy atom. The van der Waals surface area contributed by atoms with E-state index in [0.29, 0.717) is 12.8 Å². The van der Waals surface area contributed by atoms with Crippen molar-refractivity contribution in [3.63, 3.8) is 0 Å². The third-order valence-corrected chi connectivity index (χ3v) is 6.17. The molecule has 1 aromatic rings. The normalized spacial score (nSPS) is 14.0. The lowest BCUT2D eigenvalue weighted by Gasteiger charge is -2.25. The molecule has 1 atom stereocenters. The van der Waals surface area contributed by atoms with Crippen molar-refractivity contribution in [2.24, 2.45) is 5.41 Å². The van der Waals surface area contributed by atoms with Crippen molar-refractivity contribution in [1.82, 2.24) is 0 Å². The molecule has 1 unspecified atom stereocenters. The number of unbranched alkanes of at least 4 members (excludes halogenated alkanes) is 2. The van der Waals surface area contributed by atoms with E-state index in [-0.39, 0.29) is 0 Å². The smallest absolute Gasteiger partial charge is 0.313 e. The van der Waals surface area contributed by atoms with Gasteiger partial charge in [0.2, 0.25) is 0 Å². The number of hydrogen-bond donors (Lipinski definition) is 2. The number of carbonyl (C=O) groups is 2. The maximum atomic E-state index is 11.7. The molecule has 0 aliphatic carbocycles. The Morgan fingerprint density at radius 2 is 1.38 bits per heavy atom. The van der Waals surface area contributed by atoms with Gasteiger partial charge in [0.05, 0.1) is 10.8 Å². The quantitative estimate of drug-likeness (QED) is 0.459. The van der Waals surface area contributed by atoms with Gasteiger partial charge in [0.15, 0.2) is 0 Å². The Labute approximate surface area is 161 Å². The van der Waals surface area contributed by atoms with E-state index in [0.717, 1.165) is 42.8 Å². The third-order valence-electron chi connectivity index (χ3n) is 5.02. The van der Waals surface area contributed by atoms with Crippen LogP contribution in [0.25, 0.3) is 0 Å². The van der Waals surface area contributed by atoms with Crippen LogP contribution in [0.4, 0.5) is 0 Å². The fourth-order valence-corrected chi connectivity index (χ4v) is 3.86. The van der Waals surface area contributed by atoms with Gasteiger partial charge in [-0.1, -0.05) is 43.2 Å². The topological polar surface area (TPSA) is 74.6 Å². The zero-order chi connectivity index (χ0) is 19.6. The van der Waals surface area contributed by atoms with Crippen LogP contribution >= 0.6 is 11.8 Å². The lowest BCUT2D eigenvalue weighted by Crippen LogP contribution is -2.32. The number of carboxylic acids is 2. The van der Waals surface area contributed by atoms with E-state index in [4.69, 9.17) is 5.11 Å². The number of benzene rings is 1. The molecule has 0 saturated heterocycles. The highest BCUT2D eigenvalue weighted by Gasteiger charge is 2.34. The number of hydrogen-bond acceptors (Lipinski definition) is 3. The minimum absolute atomic E-state index is 0.636. The summed E-state index contributed by atoms with van der Waals surface area (Å²) in [4.78, 5) is 22.8. The zero-order valence-electron chi connectivity index (χ0n) is 16.2. The Morgan fingerprint density at radius 3 is 1.88 bits per heavy atom. The second kappa shape index (κ2) is 10.6. The maximum absolute atomic E-state index is 11.7. The average Bonchev–Trinajstić information content (AvgIpc) is 2.60. The Bertz CT molecular complexity index is 571. The molecule has 0 aliphatic rings. The van der Waals surface area contributed by atoms with Crippen LogP contribution in [0.2, 0.25) is 0 Å². The lowest BCUT2D eigenvalue weighted by molar-refractivity contribution is -0.147. The highest BCUT2D eigenvalue weighted by molar-refractivity contribution is 7.99. The first-order valence-corrected chi connectivity index (χ1v) is 10.5. The Kier molecular flexibility index (Phi) is 9.20. The highest BCUT2D eigenvalue weighted by atomic mass is 32.2. The zero-order valence-corrected chi connectivity index (χ0v) is 17.0. The first kappa shape index (κ1) is 22.6. The van der Waals surface area contributed by atoms with Gasteiger partial charge in [-0.3, -0.25) is 9.59 Å². The molecule has 5 heteroatoms. The molecule has 1 rings (SSSR count). The van der Waals surface area contributed by atoms with Gasteiger partial charge in [-0.25, -0.2) is 0 Å². The van der Waals surface area contributed by atoms with Crippen molar-refractivity contribution in [1.29, 1.82) is 0 Å². The van der Waals surface area contributed by atoms with Crippen LogP contribution in [-0.2, 0) is 15.0 Å². The molecular formula is C21H32O4S. The number of aliphatic carboxylic acids is 2. The molecule has 0 aliphatic heterocycles. The van der Waals surface area contributed by atoms with Gasteiger partial charge in [-0.05, 0) is 63.5 Å². The third kappa shape index (κ3) is 7.02. The minimum Gasteiger partial charge on any atom is -0.481 e. The van der Waals surface area contributed by atoms with Crippen LogP contribution in [0.3, 0.4) is 0 Å². The van der Waals surface area contributed by atoms with E-state index in [1.54, 1.807) is 13.8 Å². The van der Waals surface area contributed by atoms with Crippen LogP contribution in [0.1, 0.15) is 64.9 Å². The number of carboxylic acid groups (broad SMARTS) is 2. The van der Waals surface area contributed by atoms with Crippen molar-refractivity contribution in [3.8, 4) is 0 Å². The van der Waals surface area contributed by atoms with Crippen LogP contribution in [0, 0.1) is 5.41 Å². The molecule has 26 heavy (non-hydrogen) atoms. The SMILES string of the molecule is CC(C)(CCCCSCCCCC(C)(C(=O)O)c1ccccc1)C(=O)O. The van der Waals surface area contributed by atoms with Crippen molar-refractivity contribution in [2.45, 2.75) is 64.7 Å². The molecule has 0 fully saturated rings. The van der Waals surface area contributed by atoms with E-state index in [1.165, 1.54) is 0 Å². The molecule has 0 spiro atoms. The van der Waals surface area contributed by atoms with Gasteiger partial charge in [0.25, 0.3) is 0 Å². The predicted molar refractivity (Wildman–Crippen MR) is 108 cm³/mol. The fraction of sp³-hybridized carbons (Fsp3) is 0.619. The first-order valence-electron chi connectivity index (χ1n) is 9.30. The lowest BCUT2D eigenvalue weighted by atomic mass is 9.78. The van der Waals surface area contributed by atoms with Crippen molar-refractivity contribution in [3.05, 3.63) is 35.9 Å². The Hall–Kier alpha value is -1.49. The van der Waals surface area contributed by atoms with Crippen LogP contribution in [0.15, 0.2) is 30.3 Å². The fourth-order valence-electron chi connectivity index (χ4n) is 2.84. The summed E-state index contributed by atoms with van der Waals surface area (Å²) in [6.45, 7) is 5.35. The molecular weight excluding hydrogens is 348 g/mol. The molecule has 0 aromatic heterocycles. The van der Waals surface area contributed by atoms with E-state index >= 15 is 0 Å². The molecule has 146 valence electrons. The summed E-state index contributed by atoms with van der Waals surface area (Å²) in [6, 6.07) is 9.46. The molecule has 4 nitrogen and oxygen atoms in total. The summed E-state index contributed by atoms with van der Waals surface area (Å²) in [5.41, 5.74) is -0.598. The van der Waals surface area contributed by atoms with Crippen LogP contribution < -0.4 is 0 Å². The highest BCUT2D eigenvalue weighted by Crippen LogP contribution is 2.30. The standard InChI is InChI=1S/C21H32O4S/c1-20(2,18(22)23)13-7-9-15-26-16-10-8-14-21(3,19(24)25)17-11-5-4-6-12-17/h4-6,11-12H,7-10,13-16H2,1-3H3,(H,22,23)(H,24,25). The maximum Gasteiger partial charge on any atom is 0.313 e. The van der Waals surface area contributed by atoms with E-state index < -0.39 is 22.8 Å². The van der Waals surface area contributed by atoms with Crippen molar-refractivity contribution < 1.29 is 19.8 Å². The summed E-state index contributed by atoms with van der Waals surface area (Å²) in [5, 5.41) is 18.7.